The van der Waals surface area contributed by atoms with Crippen molar-refractivity contribution in [2.75, 3.05) is 0 Å². The zero-order valence-corrected chi connectivity index (χ0v) is 10.6. The molecule has 0 saturated carbocycles. The Hall–Kier alpha value is -1.93. The maximum absolute atomic E-state index is 11.9. The number of fused-ring (bicyclic) bond motifs is 1. The molecule has 0 aliphatic heterocycles. The van der Waals surface area contributed by atoms with E-state index >= 15 is 0 Å². The highest BCUT2D eigenvalue weighted by Crippen LogP contribution is 2.13. The van der Waals surface area contributed by atoms with E-state index in [9.17, 15) is 18.0 Å². The van der Waals surface area contributed by atoms with Gasteiger partial charge in [-0.15, -0.1) is 0 Å². The van der Waals surface area contributed by atoms with Gasteiger partial charge in [0.25, 0.3) is 5.56 Å². The number of sulfonamides is 1. The van der Waals surface area contributed by atoms with Crippen LogP contribution in [0.5, 0.6) is 0 Å². The number of hydrogen-bond acceptors (Lipinski definition) is 4. The quantitative estimate of drug-likeness (QED) is 0.708. The van der Waals surface area contributed by atoms with Gasteiger partial charge in [0.05, 0.1) is 15.8 Å². The standard InChI is InChI=1S/C10H11N3O4S/c1-12-8-4-3-6(18(11,16)17)5-7(8)9(14)13(2)10(12)15/h3-5H,1-2H3,(H2,11,16,17). The van der Waals surface area contributed by atoms with E-state index in [1.807, 2.05) is 0 Å². The Labute approximate surface area is 102 Å². The first-order valence-corrected chi connectivity index (χ1v) is 6.50. The van der Waals surface area contributed by atoms with Crippen LogP contribution in [-0.2, 0) is 24.1 Å². The van der Waals surface area contributed by atoms with E-state index in [0.29, 0.717) is 5.52 Å². The van der Waals surface area contributed by atoms with Gasteiger partial charge in [0.2, 0.25) is 10.0 Å². The zero-order chi connectivity index (χ0) is 13.7. The van der Waals surface area contributed by atoms with Crippen LogP contribution in [0.1, 0.15) is 0 Å². The third kappa shape index (κ3) is 1.75. The van der Waals surface area contributed by atoms with E-state index in [-0.39, 0.29) is 10.3 Å². The summed E-state index contributed by atoms with van der Waals surface area (Å²) in [5.74, 6) is 0. The van der Waals surface area contributed by atoms with E-state index in [1.54, 1.807) is 0 Å². The number of rotatable bonds is 1. The molecule has 0 atom stereocenters. The molecule has 2 N–H and O–H groups in total. The Balaban J connectivity index is 3.05. The lowest BCUT2D eigenvalue weighted by molar-refractivity contribution is 0.598. The van der Waals surface area contributed by atoms with Crippen LogP contribution in [0.4, 0.5) is 0 Å². The van der Waals surface area contributed by atoms with E-state index < -0.39 is 21.3 Å². The van der Waals surface area contributed by atoms with Crippen molar-refractivity contribution in [2.45, 2.75) is 4.90 Å². The van der Waals surface area contributed by atoms with Crippen molar-refractivity contribution in [3.63, 3.8) is 0 Å². The van der Waals surface area contributed by atoms with Crippen molar-refractivity contribution >= 4 is 20.9 Å². The predicted octanol–water partition coefficient (Wildman–Crippen LogP) is -1.12. The minimum absolute atomic E-state index is 0.131. The number of primary sulfonamides is 1. The van der Waals surface area contributed by atoms with Crippen LogP contribution in [0.3, 0.4) is 0 Å². The molecular formula is C10H11N3O4S. The van der Waals surface area contributed by atoms with Crippen molar-refractivity contribution < 1.29 is 8.42 Å². The molecule has 1 aromatic carbocycles. The van der Waals surface area contributed by atoms with Crippen LogP contribution in [0, 0.1) is 0 Å². The zero-order valence-electron chi connectivity index (χ0n) is 9.75. The van der Waals surface area contributed by atoms with E-state index in [2.05, 4.69) is 0 Å². The second-order valence-corrected chi connectivity index (χ2v) is 5.49. The summed E-state index contributed by atoms with van der Waals surface area (Å²) in [4.78, 5) is 23.4. The average Bonchev–Trinajstić information content (AvgIpc) is 2.32. The van der Waals surface area contributed by atoms with Crippen LogP contribution >= 0.6 is 0 Å². The fourth-order valence-electron chi connectivity index (χ4n) is 1.75. The number of nitrogens with two attached hydrogens (primary N) is 1. The lowest BCUT2D eigenvalue weighted by Crippen LogP contribution is -2.37. The highest BCUT2D eigenvalue weighted by atomic mass is 32.2. The van der Waals surface area contributed by atoms with Crippen molar-refractivity contribution in [3.05, 3.63) is 39.0 Å². The van der Waals surface area contributed by atoms with Gasteiger partial charge < -0.3 is 0 Å². The number of aryl methyl sites for hydroxylation is 1. The number of benzene rings is 1. The van der Waals surface area contributed by atoms with Gasteiger partial charge in [0.1, 0.15) is 0 Å². The molecular weight excluding hydrogens is 258 g/mol. The fourth-order valence-corrected chi connectivity index (χ4v) is 2.29. The molecule has 2 aromatic rings. The van der Waals surface area contributed by atoms with Gasteiger partial charge in [0.15, 0.2) is 0 Å². The van der Waals surface area contributed by atoms with E-state index in [1.165, 1.54) is 36.9 Å². The lowest BCUT2D eigenvalue weighted by Gasteiger charge is -2.08. The summed E-state index contributed by atoms with van der Waals surface area (Å²) < 4.78 is 24.6. The van der Waals surface area contributed by atoms with Gasteiger partial charge >= 0.3 is 5.69 Å². The smallest absolute Gasteiger partial charge is 0.296 e. The van der Waals surface area contributed by atoms with Gasteiger partial charge in [-0.1, -0.05) is 0 Å². The van der Waals surface area contributed by atoms with Crippen LogP contribution in [0.25, 0.3) is 10.9 Å². The van der Waals surface area contributed by atoms with Gasteiger partial charge in [-0.3, -0.25) is 13.9 Å². The average molecular weight is 269 g/mol. The summed E-state index contributed by atoms with van der Waals surface area (Å²) in [5.41, 5.74) is -0.676. The molecule has 2 rings (SSSR count). The van der Waals surface area contributed by atoms with Gasteiger partial charge in [-0.05, 0) is 18.2 Å². The second kappa shape index (κ2) is 3.79. The van der Waals surface area contributed by atoms with E-state index in [0.717, 1.165) is 4.57 Å². The summed E-state index contributed by atoms with van der Waals surface area (Å²) in [5, 5.41) is 5.13. The Morgan fingerprint density at radius 1 is 1.11 bits per heavy atom. The lowest BCUT2D eigenvalue weighted by atomic mass is 10.2. The molecule has 0 bridgehead atoms. The molecule has 0 unspecified atom stereocenters. The number of aromatic nitrogens is 2. The Bertz CT molecular complexity index is 861. The van der Waals surface area contributed by atoms with E-state index in [4.69, 9.17) is 5.14 Å². The fraction of sp³-hybridized carbons (Fsp3) is 0.200. The predicted molar refractivity (Wildman–Crippen MR) is 65.8 cm³/mol. The summed E-state index contributed by atoms with van der Waals surface area (Å²) in [6.07, 6.45) is 0. The van der Waals surface area contributed by atoms with Crippen molar-refractivity contribution in [1.29, 1.82) is 0 Å². The highest BCUT2D eigenvalue weighted by Gasteiger charge is 2.13. The molecule has 18 heavy (non-hydrogen) atoms. The first-order valence-electron chi connectivity index (χ1n) is 4.96. The Morgan fingerprint density at radius 2 is 1.72 bits per heavy atom. The third-order valence-corrected chi connectivity index (χ3v) is 3.68. The topological polar surface area (TPSA) is 104 Å². The first-order chi connectivity index (χ1) is 8.23. The molecule has 96 valence electrons. The molecule has 1 heterocycles. The van der Waals surface area contributed by atoms with Gasteiger partial charge in [0, 0.05) is 14.1 Å². The molecule has 0 radical (unpaired) electrons. The van der Waals surface area contributed by atoms with Crippen LogP contribution in [-0.4, -0.2) is 17.6 Å². The van der Waals surface area contributed by atoms with Gasteiger partial charge in [-0.25, -0.2) is 18.4 Å². The Kier molecular flexibility index (Phi) is 2.63. The van der Waals surface area contributed by atoms with Crippen LogP contribution in [0.2, 0.25) is 0 Å². The van der Waals surface area contributed by atoms with Crippen molar-refractivity contribution in [1.82, 2.24) is 9.13 Å². The highest BCUT2D eigenvalue weighted by molar-refractivity contribution is 7.89. The largest absolute Gasteiger partial charge is 0.330 e. The van der Waals surface area contributed by atoms with Crippen LogP contribution < -0.4 is 16.4 Å². The summed E-state index contributed by atoms with van der Waals surface area (Å²) in [6.45, 7) is 0. The maximum Gasteiger partial charge on any atom is 0.330 e. The summed E-state index contributed by atoms with van der Waals surface area (Å²) in [6, 6.07) is 3.82. The molecule has 7 nitrogen and oxygen atoms in total. The summed E-state index contributed by atoms with van der Waals surface area (Å²) >= 11 is 0. The number of hydrogen-bond donors (Lipinski definition) is 1. The van der Waals surface area contributed by atoms with Crippen molar-refractivity contribution in [3.8, 4) is 0 Å². The molecule has 1 aromatic heterocycles. The third-order valence-electron chi connectivity index (χ3n) is 2.77. The van der Waals surface area contributed by atoms with Crippen molar-refractivity contribution in [2.24, 2.45) is 19.2 Å². The van der Waals surface area contributed by atoms with Gasteiger partial charge in [-0.2, -0.15) is 0 Å². The van der Waals surface area contributed by atoms with Crippen LogP contribution in [0.15, 0.2) is 32.7 Å². The monoisotopic (exact) mass is 269 g/mol. The molecule has 8 heteroatoms. The molecule has 0 aliphatic carbocycles. The Morgan fingerprint density at radius 3 is 2.28 bits per heavy atom. The molecule has 0 fully saturated rings. The molecule has 0 amide bonds. The SMILES string of the molecule is Cn1c(=O)c2cc(S(N)(=O)=O)ccc2n(C)c1=O. The number of nitrogens with zero attached hydrogens (tertiary/aromatic N) is 2. The molecule has 0 spiro atoms. The minimum atomic E-state index is -3.88. The second-order valence-electron chi connectivity index (χ2n) is 3.93. The molecule has 0 aliphatic rings. The normalized spacial score (nSPS) is 11.9. The maximum atomic E-state index is 11.9. The first kappa shape index (κ1) is 12.5. The minimum Gasteiger partial charge on any atom is -0.296 e. The molecule has 0 saturated heterocycles. The summed E-state index contributed by atoms with van der Waals surface area (Å²) in [7, 11) is -1.05.